The van der Waals surface area contributed by atoms with Crippen molar-refractivity contribution < 1.29 is 4.79 Å². The molecule has 1 N–H and O–H groups in total. The predicted octanol–water partition coefficient (Wildman–Crippen LogP) is 1.80. The SMILES string of the molecule is CC(C)c1[nH]nc(-c2cnccn2)c1C=O. The van der Waals surface area contributed by atoms with Crippen LogP contribution in [0.25, 0.3) is 11.4 Å². The van der Waals surface area contributed by atoms with Crippen molar-refractivity contribution >= 4 is 6.29 Å². The van der Waals surface area contributed by atoms with Crippen LogP contribution in [0.5, 0.6) is 0 Å². The number of aromatic nitrogens is 4. The minimum Gasteiger partial charge on any atom is -0.298 e. The van der Waals surface area contributed by atoms with E-state index in [1.54, 1.807) is 18.6 Å². The van der Waals surface area contributed by atoms with Gasteiger partial charge < -0.3 is 0 Å². The summed E-state index contributed by atoms with van der Waals surface area (Å²) in [5.41, 5.74) is 2.56. The molecule has 0 aliphatic rings. The molecule has 2 aromatic heterocycles. The van der Waals surface area contributed by atoms with Crippen molar-refractivity contribution in [2.45, 2.75) is 19.8 Å². The summed E-state index contributed by atoms with van der Waals surface area (Å²) in [7, 11) is 0. The van der Waals surface area contributed by atoms with E-state index in [1.807, 2.05) is 13.8 Å². The second-order valence-corrected chi connectivity index (χ2v) is 3.76. The Labute approximate surface area is 92.9 Å². The number of aldehydes is 1. The monoisotopic (exact) mass is 216 g/mol. The summed E-state index contributed by atoms with van der Waals surface area (Å²) < 4.78 is 0. The van der Waals surface area contributed by atoms with Crippen LogP contribution in [-0.4, -0.2) is 26.5 Å². The van der Waals surface area contributed by atoms with Gasteiger partial charge >= 0.3 is 0 Å². The van der Waals surface area contributed by atoms with E-state index in [9.17, 15) is 4.79 Å². The molecule has 0 bridgehead atoms. The number of nitrogens with zero attached hydrogens (tertiary/aromatic N) is 3. The molecule has 2 rings (SSSR count). The molecule has 82 valence electrons. The zero-order valence-corrected chi connectivity index (χ0v) is 9.14. The van der Waals surface area contributed by atoms with Gasteiger partial charge in [0.2, 0.25) is 0 Å². The van der Waals surface area contributed by atoms with Crippen LogP contribution in [0.3, 0.4) is 0 Å². The summed E-state index contributed by atoms with van der Waals surface area (Å²) in [6.07, 6.45) is 5.56. The molecule has 0 aliphatic heterocycles. The smallest absolute Gasteiger partial charge is 0.154 e. The lowest BCUT2D eigenvalue weighted by Crippen LogP contribution is -1.94. The standard InChI is InChI=1S/C11H12N4O/c1-7(2)10-8(6-16)11(15-14-10)9-5-12-3-4-13-9/h3-7H,1-2H3,(H,14,15). The van der Waals surface area contributed by atoms with Crippen LogP contribution in [0.15, 0.2) is 18.6 Å². The van der Waals surface area contributed by atoms with Gasteiger partial charge in [-0.05, 0) is 5.92 Å². The Morgan fingerprint density at radius 2 is 2.19 bits per heavy atom. The van der Waals surface area contributed by atoms with Gasteiger partial charge in [-0.25, -0.2) is 0 Å². The van der Waals surface area contributed by atoms with Gasteiger partial charge in [0.05, 0.1) is 11.8 Å². The lowest BCUT2D eigenvalue weighted by atomic mass is 10.0. The molecule has 2 aromatic rings. The number of nitrogens with one attached hydrogen (secondary N) is 1. The van der Waals surface area contributed by atoms with Gasteiger partial charge in [-0.1, -0.05) is 13.8 Å². The van der Waals surface area contributed by atoms with Gasteiger partial charge in [0, 0.05) is 18.1 Å². The maximum atomic E-state index is 11.1. The minimum atomic E-state index is 0.220. The molecule has 0 amide bonds. The molecule has 0 unspecified atom stereocenters. The highest BCUT2D eigenvalue weighted by molar-refractivity contribution is 5.86. The Morgan fingerprint density at radius 3 is 2.75 bits per heavy atom. The van der Waals surface area contributed by atoms with Crippen LogP contribution in [0, 0.1) is 0 Å². The highest BCUT2D eigenvalue weighted by Crippen LogP contribution is 2.24. The highest BCUT2D eigenvalue weighted by Gasteiger charge is 2.17. The molecule has 0 aliphatic carbocycles. The summed E-state index contributed by atoms with van der Waals surface area (Å²) in [4.78, 5) is 19.2. The second-order valence-electron chi connectivity index (χ2n) is 3.76. The van der Waals surface area contributed by atoms with Crippen molar-refractivity contribution in [2.75, 3.05) is 0 Å². The van der Waals surface area contributed by atoms with E-state index in [4.69, 9.17) is 0 Å². The molecule has 16 heavy (non-hydrogen) atoms. The lowest BCUT2D eigenvalue weighted by molar-refractivity contribution is 0.112. The summed E-state index contributed by atoms with van der Waals surface area (Å²) in [6, 6.07) is 0. The zero-order chi connectivity index (χ0) is 11.5. The molecule has 5 heteroatoms. The highest BCUT2D eigenvalue weighted by atomic mass is 16.1. The topological polar surface area (TPSA) is 71.5 Å². The van der Waals surface area contributed by atoms with Gasteiger partial charge in [0.1, 0.15) is 11.4 Å². The van der Waals surface area contributed by atoms with Crippen LogP contribution >= 0.6 is 0 Å². The number of carbonyl (C=O) groups is 1. The quantitative estimate of drug-likeness (QED) is 0.794. The van der Waals surface area contributed by atoms with E-state index in [1.165, 1.54) is 0 Å². The van der Waals surface area contributed by atoms with Gasteiger partial charge in [-0.3, -0.25) is 19.9 Å². The van der Waals surface area contributed by atoms with Gasteiger partial charge in [0.25, 0.3) is 0 Å². The molecule has 0 saturated carbocycles. The predicted molar refractivity (Wildman–Crippen MR) is 59.1 cm³/mol. The van der Waals surface area contributed by atoms with Gasteiger partial charge in [-0.2, -0.15) is 5.10 Å². The fourth-order valence-electron chi connectivity index (χ4n) is 1.54. The first-order valence-corrected chi connectivity index (χ1v) is 5.04. The first kappa shape index (κ1) is 10.5. The van der Waals surface area contributed by atoms with Crippen molar-refractivity contribution in [3.63, 3.8) is 0 Å². The van der Waals surface area contributed by atoms with Crippen molar-refractivity contribution in [3.8, 4) is 11.4 Å². The Hall–Kier alpha value is -2.04. The van der Waals surface area contributed by atoms with Crippen LogP contribution < -0.4 is 0 Å². The second kappa shape index (κ2) is 4.22. The minimum absolute atomic E-state index is 0.220. The van der Waals surface area contributed by atoms with Crippen LogP contribution in [0.2, 0.25) is 0 Å². The van der Waals surface area contributed by atoms with E-state index < -0.39 is 0 Å². The lowest BCUT2D eigenvalue weighted by Gasteiger charge is -2.01. The molecule has 0 aromatic carbocycles. The molecule has 0 atom stereocenters. The Bertz CT molecular complexity index is 490. The summed E-state index contributed by atoms with van der Waals surface area (Å²) in [5.74, 6) is 0.220. The van der Waals surface area contributed by atoms with Gasteiger partial charge in [0.15, 0.2) is 6.29 Å². The summed E-state index contributed by atoms with van der Waals surface area (Å²) >= 11 is 0. The van der Waals surface area contributed by atoms with E-state index in [2.05, 4.69) is 20.2 Å². The molecule has 0 spiro atoms. The fourth-order valence-corrected chi connectivity index (χ4v) is 1.54. The van der Waals surface area contributed by atoms with Crippen molar-refractivity contribution in [1.82, 2.24) is 20.2 Å². The Balaban J connectivity index is 2.55. The van der Waals surface area contributed by atoms with Crippen LogP contribution in [0.1, 0.15) is 35.8 Å². The van der Waals surface area contributed by atoms with Crippen molar-refractivity contribution in [3.05, 3.63) is 29.8 Å². The number of aromatic amines is 1. The molecule has 0 saturated heterocycles. The van der Waals surface area contributed by atoms with Crippen LogP contribution in [-0.2, 0) is 0 Å². The Kier molecular flexibility index (Phi) is 2.76. The average molecular weight is 216 g/mol. The molecule has 5 nitrogen and oxygen atoms in total. The molecular formula is C11H12N4O. The maximum absolute atomic E-state index is 11.1. The molecule has 2 heterocycles. The average Bonchev–Trinajstić information content (AvgIpc) is 2.73. The number of hydrogen-bond acceptors (Lipinski definition) is 4. The number of hydrogen-bond donors (Lipinski definition) is 1. The summed E-state index contributed by atoms with van der Waals surface area (Å²) in [6.45, 7) is 4.00. The van der Waals surface area contributed by atoms with Gasteiger partial charge in [-0.15, -0.1) is 0 Å². The third-order valence-electron chi connectivity index (χ3n) is 2.33. The normalized spacial score (nSPS) is 10.7. The first-order valence-electron chi connectivity index (χ1n) is 5.04. The zero-order valence-electron chi connectivity index (χ0n) is 9.14. The summed E-state index contributed by atoms with van der Waals surface area (Å²) in [5, 5.41) is 6.99. The van der Waals surface area contributed by atoms with E-state index in [0.29, 0.717) is 17.0 Å². The number of carbonyl (C=O) groups excluding carboxylic acids is 1. The third kappa shape index (κ3) is 1.71. The number of H-pyrrole nitrogens is 1. The van der Waals surface area contributed by atoms with E-state index in [-0.39, 0.29) is 5.92 Å². The molecule has 0 fully saturated rings. The van der Waals surface area contributed by atoms with Crippen LogP contribution in [0.4, 0.5) is 0 Å². The van der Waals surface area contributed by atoms with Crippen molar-refractivity contribution in [2.24, 2.45) is 0 Å². The fraction of sp³-hybridized carbons (Fsp3) is 0.273. The van der Waals surface area contributed by atoms with E-state index in [0.717, 1.165) is 12.0 Å². The number of rotatable bonds is 3. The van der Waals surface area contributed by atoms with Crippen molar-refractivity contribution in [1.29, 1.82) is 0 Å². The third-order valence-corrected chi connectivity index (χ3v) is 2.33. The molecular weight excluding hydrogens is 204 g/mol. The molecule has 0 radical (unpaired) electrons. The van der Waals surface area contributed by atoms with E-state index >= 15 is 0 Å². The maximum Gasteiger partial charge on any atom is 0.154 e. The largest absolute Gasteiger partial charge is 0.298 e. The Morgan fingerprint density at radius 1 is 1.38 bits per heavy atom. The first-order chi connectivity index (χ1) is 7.74.